The van der Waals surface area contributed by atoms with Crippen molar-refractivity contribution in [2.24, 2.45) is 0 Å². The van der Waals surface area contributed by atoms with Crippen LogP contribution >= 0.6 is 0 Å². The molecular formula is C27H33N5O4. The third-order valence-electron chi connectivity index (χ3n) is 6.37. The zero-order valence-electron chi connectivity index (χ0n) is 20.9. The summed E-state index contributed by atoms with van der Waals surface area (Å²) in [6.45, 7) is 3.96. The first-order chi connectivity index (χ1) is 17.6. The molecular weight excluding hydrogens is 458 g/mol. The largest absolute Gasteiger partial charge is 0.496 e. The van der Waals surface area contributed by atoms with Gasteiger partial charge in [-0.2, -0.15) is 0 Å². The average Bonchev–Trinajstić information content (AvgIpc) is 3.33. The smallest absolute Gasteiger partial charge is 0.256 e. The number of rotatable bonds is 10. The fourth-order valence-electron chi connectivity index (χ4n) is 4.49. The molecule has 0 saturated carbocycles. The van der Waals surface area contributed by atoms with E-state index >= 15 is 0 Å². The number of benzene rings is 1. The zero-order valence-corrected chi connectivity index (χ0v) is 20.9. The van der Waals surface area contributed by atoms with Crippen molar-refractivity contribution in [1.29, 1.82) is 0 Å². The van der Waals surface area contributed by atoms with Crippen LogP contribution in [0.15, 0.2) is 59.9 Å². The van der Waals surface area contributed by atoms with Gasteiger partial charge in [0.1, 0.15) is 17.1 Å². The second-order valence-corrected chi connectivity index (χ2v) is 8.63. The molecule has 0 saturated heterocycles. The first kappa shape index (κ1) is 25.2. The minimum atomic E-state index is -0.217. The lowest BCUT2D eigenvalue weighted by molar-refractivity contribution is 0.0947. The third-order valence-corrected chi connectivity index (χ3v) is 6.37. The Balaban J connectivity index is 1.43. The van der Waals surface area contributed by atoms with Crippen LogP contribution in [0.1, 0.15) is 28.0 Å². The number of imidazole rings is 1. The van der Waals surface area contributed by atoms with Crippen LogP contribution in [0.25, 0.3) is 6.08 Å². The van der Waals surface area contributed by atoms with Gasteiger partial charge in [-0.3, -0.25) is 14.5 Å². The van der Waals surface area contributed by atoms with Gasteiger partial charge >= 0.3 is 0 Å². The Bertz CT molecular complexity index is 1250. The minimum absolute atomic E-state index is 0.148. The molecule has 36 heavy (non-hydrogen) atoms. The number of carbonyl (C=O) groups excluding carboxylic acids is 1. The standard InChI is InChI=1S/C27H33N5O4/c1-35-23-9-4-3-7-21(23)8-5-13-30-15-10-22-26(24(36-2)19-25(33)32(22)18-17-30)27(34)29-11-6-14-31-16-12-28-20-31/h3-5,7-9,12,16,19-20H,6,10-11,13-15,17-18H2,1-2H3,(H,29,34)/b8-5+. The van der Waals surface area contributed by atoms with Crippen LogP contribution in [-0.4, -0.2) is 65.3 Å². The van der Waals surface area contributed by atoms with Gasteiger partial charge in [-0.1, -0.05) is 30.4 Å². The molecule has 0 spiro atoms. The van der Waals surface area contributed by atoms with Crippen LogP contribution in [0.3, 0.4) is 0 Å². The number of amides is 1. The number of aryl methyl sites for hydroxylation is 1. The lowest BCUT2D eigenvalue weighted by Gasteiger charge is -2.17. The highest BCUT2D eigenvalue weighted by molar-refractivity contribution is 5.98. The van der Waals surface area contributed by atoms with Gasteiger partial charge in [-0.15, -0.1) is 0 Å². The Labute approximate surface area is 211 Å². The molecule has 0 aliphatic carbocycles. The molecule has 1 aliphatic rings. The van der Waals surface area contributed by atoms with Gasteiger partial charge in [0.05, 0.1) is 20.5 Å². The normalized spacial score (nSPS) is 13.8. The van der Waals surface area contributed by atoms with Crippen molar-refractivity contribution >= 4 is 12.0 Å². The van der Waals surface area contributed by atoms with Gasteiger partial charge < -0.3 is 23.9 Å². The highest BCUT2D eigenvalue weighted by Crippen LogP contribution is 2.23. The second-order valence-electron chi connectivity index (χ2n) is 8.63. The quantitative estimate of drug-likeness (QED) is 0.438. The van der Waals surface area contributed by atoms with Crippen molar-refractivity contribution in [2.75, 3.05) is 40.4 Å². The van der Waals surface area contributed by atoms with E-state index in [4.69, 9.17) is 9.47 Å². The van der Waals surface area contributed by atoms with Crippen LogP contribution < -0.4 is 20.3 Å². The maximum atomic E-state index is 13.2. The molecule has 3 heterocycles. The fourth-order valence-corrected chi connectivity index (χ4v) is 4.49. The van der Waals surface area contributed by atoms with E-state index in [0.717, 1.165) is 43.1 Å². The molecule has 0 radical (unpaired) electrons. The van der Waals surface area contributed by atoms with Gasteiger partial charge in [0.15, 0.2) is 0 Å². The molecule has 3 aromatic rings. The van der Waals surface area contributed by atoms with Crippen molar-refractivity contribution in [3.63, 3.8) is 0 Å². The molecule has 0 unspecified atom stereocenters. The van der Waals surface area contributed by atoms with Crippen LogP contribution in [0.4, 0.5) is 0 Å². The third kappa shape index (κ3) is 6.04. The summed E-state index contributed by atoms with van der Waals surface area (Å²) in [5, 5.41) is 3.00. The molecule has 0 bridgehead atoms. The molecule has 190 valence electrons. The number of carbonyl (C=O) groups is 1. The Kier molecular flexibility index (Phi) is 8.57. The lowest BCUT2D eigenvalue weighted by Crippen LogP contribution is -2.32. The molecule has 1 N–H and O–H groups in total. The topological polar surface area (TPSA) is 90.6 Å². The number of pyridine rings is 1. The molecule has 1 aromatic carbocycles. The van der Waals surface area contributed by atoms with E-state index in [9.17, 15) is 9.59 Å². The predicted molar refractivity (Wildman–Crippen MR) is 139 cm³/mol. The van der Waals surface area contributed by atoms with E-state index in [1.165, 1.54) is 13.2 Å². The van der Waals surface area contributed by atoms with E-state index in [0.29, 0.717) is 37.4 Å². The van der Waals surface area contributed by atoms with Crippen LogP contribution in [-0.2, 0) is 19.5 Å². The molecule has 0 atom stereocenters. The van der Waals surface area contributed by atoms with Crippen molar-refractivity contribution in [2.45, 2.75) is 25.9 Å². The van der Waals surface area contributed by atoms with Crippen molar-refractivity contribution < 1.29 is 14.3 Å². The SMILES string of the molecule is COc1ccccc1/C=C/CN1CCc2c(C(=O)NCCCn3ccnc3)c(OC)cc(=O)n2CC1. The molecule has 4 rings (SSSR count). The van der Waals surface area contributed by atoms with Crippen molar-refractivity contribution in [3.05, 3.63) is 82.3 Å². The number of ether oxygens (including phenoxy) is 2. The molecule has 9 heteroatoms. The Hall–Kier alpha value is -3.85. The molecule has 0 fully saturated rings. The highest BCUT2D eigenvalue weighted by Gasteiger charge is 2.24. The molecule has 2 aromatic heterocycles. The summed E-state index contributed by atoms with van der Waals surface area (Å²) in [6, 6.07) is 9.30. The summed E-state index contributed by atoms with van der Waals surface area (Å²) in [5.41, 5.74) is 2.05. The number of fused-ring (bicyclic) bond motifs is 1. The number of methoxy groups -OCH3 is 2. The molecule has 9 nitrogen and oxygen atoms in total. The van der Waals surface area contributed by atoms with Gasteiger partial charge in [-0.05, 0) is 12.5 Å². The maximum Gasteiger partial charge on any atom is 0.256 e. The Morgan fingerprint density at radius 2 is 1.97 bits per heavy atom. The lowest BCUT2D eigenvalue weighted by atomic mass is 10.1. The fraction of sp³-hybridized carbons (Fsp3) is 0.370. The summed E-state index contributed by atoms with van der Waals surface area (Å²) >= 11 is 0. The van der Waals surface area contributed by atoms with Crippen LogP contribution in [0, 0.1) is 0 Å². The van der Waals surface area contributed by atoms with E-state index in [1.807, 2.05) is 35.0 Å². The predicted octanol–water partition coefficient (Wildman–Crippen LogP) is 2.45. The zero-order chi connectivity index (χ0) is 25.3. The van der Waals surface area contributed by atoms with E-state index < -0.39 is 0 Å². The minimum Gasteiger partial charge on any atom is -0.496 e. The molecule has 1 amide bonds. The Morgan fingerprint density at radius 3 is 2.75 bits per heavy atom. The van der Waals surface area contributed by atoms with E-state index in [1.54, 1.807) is 24.2 Å². The summed E-state index contributed by atoms with van der Waals surface area (Å²) in [7, 11) is 3.16. The number of hydrogen-bond acceptors (Lipinski definition) is 6. The highest BCUT2D eigenvalue weighted by atomic mass is 16.5. The van der Waals surface area contributed by atoms with Gasteiger partial charge in [0.25, 0.3) is 11.5 Å². The number of nitrogens with zero attached hydrogens (tertiary/aromatic N) is 4. The average molecular weight is 492 g/mol. The number of hydrogen-bond donors (Lipinski definition) is 1. The monoisotopic (exact) mass is 491 g/mol. The summed E-state index contributed by atoms with van der Waals surface area (Å²) in [5.74, 6) is 0.935. The first-order valence-electron chi connectivity index (χ1n) is 12.2. The number of aromatic nitrogens is 3. The first-order valence-corrected chi connectivity index (χ1v) is 12.2. The van der Waals surface area contributed by atoms with Gasteiger partial charge in [0, 0.05) is 75.4 Å². The van der Waals surface area contributed by atoms with Crippen LogP contribution in [0.2, 0.25) is 0 Å². The Morgan fingerprint density at radius 1 is 1.14 bits per heavy atom. The second kappa shape index (κ2) is 12.2. The molecule has 1 aliphatic heterocycles. The van der Waals surface area contributed by atoms with Crippen LogP contribution in [0.5, 0.6) is 11.5 Å². The summed E-state index contributed by atoms with van der Waals surface area (Å²) in [4.78, 5) is 32.3. The number of para-hydroxylation sites is 1. The summed E-state index contributed by atoms with van der Waals surface area (Å²) in [6.07, 6.45) is 10.9. The maximum absolute atomic E-state index is 13.2. The summed E-state index contributed by atoms with van der Waals surface area (Å²) < 4.78 is 14.6. The van der Waals surface area contributed by atoms with Crippen molar-refractivity contribution in [3.8, 4) is 11.5 Å². The van der Waals surface area contributed by atoms with Gasteiger partial charge in [-0.25, -0.2) is 4.98 Å². The van der Waals surface area contributed by atoms with E-state index in [-0.39, 0.29) is 11.5 Å². The van der Waals surface area contributed by atoms with Gasteiger partial charge in [0.2, 0.25) is 0 Å². The number of nitrogens with one attached hydrogen (secondary N) is 1. The van der Waals surface area contributed by atoms with Crippen molar-refractivity contribution in [1.82, 2.24) is 24.3 Å². The van der Waals surface area contributed by atoms with E-state index in [2.05, 4.69) is 27.4 Å².